The molecule has 0 spiro atoms. The number of ether oxygens (including phenoxy) is 3. The van der Waals surface area contributed by atoms with Gasteiger partial charge in [-0.1, -0.05) is 60.7 Å². The highest BCUT2D eigenvalue weighted by Crippen LogP contribution is 2.39. The zero-order chi connectivity index (χ0) is 26.5. The highest BCUT2D eigenvalue weighted by Gasteiger charge is 2.39. The van der Waals surface area contributed by atoms with Crippen molar-refractivity contribution in [3.05, 3.63) is 90.0 Å². The molecular formula is C30H36N2O5S. The topological polar surface area (TPSA) is 68.3 Å². The summed E-state index contributed by atoms with van der Waals surface area (Å²) >= 11 is 0. The Bertz CT molecular complexity index is 1300. The Kier molecular flexibility index (Phi) is 8.33. The van der Waals surface area contributed by atoms with Crippen LogP contribution in [-0.4, -0.2) is 58.3 Å². The second-order valence-electron chi connectivity index (χ2n) is 9.98. The molecule has 3 aromatic carbocycles. The number of sulfonamides is 1. The van der Waals surface area contributed by atoms with Gasteiger partial charge in [0.05, 0.1) is 32.4 Å². The molecular weight excluding hydrogens is 500 g/mol. The van der Waals surface area contributed by atoms with Gasteiger partial charge in [0, 0.05) is 31.5 Å². The summed E-state index contributed by atoms with van der Waals surface area (Å²) in [6, 6.07) is 25.0. The Morgan fingerprint density at radius 3 is 2.47 bits per heavy atom. The molecule has 1 saturated heterocycles. The quantitative estimate of drug-likeness (QED) is 0.382. The monoisotopic (exact) mass is 536 g/mol. The molecule has 5 rings (SSSR count). The number of methoxy groups -OCH3 is 1. The summed E-state index contributed by atoms with van der Waals surface area (Å²) in [5.74, 6) is 0.377. The molecule has 0 N–H and O–H groups in total. The van der Waals surface area contributed by atoms with E-state index in [0.717, 1.165) is 36.2 Å². The van der Waals surface area contributed by atoms with Crippen molar-refractivity contribution in [2.75, 3.05) is 38.3 Å². The zero-order valence-electron chi connectivity index (χ0n) is 22.0. The molecule has 0 saturated carbocycles. The predicted molar refractivity (Wildman–Crippen MR) is 148 cm³/mol. The van der Waals surface area contributed by atoms with Gasteiger partial charge in [0.2, 0.25) is 10.0 Å². The van der Waals surface area contributed by atoms with Crippen molar-refractivity contribution in [3.8, 4) is 5.75 Å². The van der Waals surface area contributed by atoms with E-state index in [1.807, 2.05) is 79.7 Å². The minimum absolute atomic E-state index is 0.188. The Balaban J connectivity index is 1.46. The van der Waals surface area contributed by atoms with Crippen LogP contribution in [0.2, 0.25) is 0 Å². The van der Waals surface area contributed by atoms with Gasteiger partial charge in [-0.2, -0.15) is 4.31 Å². The third-order valence-corrected chi connectivity index (χ3v) is 9.36. The number of hydrogen-bond donors (Lipinski definition) is 0. The lowest BCUT2D eigenvalue weighted by Crippen LogP contribution is -2.40. The van der Waals surface area contributed by atoms with Crippen LogP contribution in [0.25, 0.3) is 0 Å². The van der Waals surface area contributed by atoms with Crippen LogP contribution >= 0.6 is 0 Å². The molecule has 3 aromatic rings. The fourth-order valence-electron chi connectivity index (χ4n) is 5.40. The van der Waals surface area contributed by atoms with Crippen LogP contribution in [0, 0.1) is 0 Å². The van der Waals surface area contributed by atoms with E-state index in [4.69, 9.17) is 14.2 Å². The molecule has 0 radical (unpaired) electrons. The summed E-state index contributed by atoms with van der Waals surface area (Å²) in [5.41, 5.74) is 2.94. The maximum absolute atomic E-state index is 14.1. The Morgan fingerprint density at radius 1 is 1.00 bits per heavy atom. The first-order valence-electron chi connectivity index (χ1n) is 13.2. The molecule has 0 aliphatic carbocycles. The molecule has 2 aliphatic heterocycles. The van der Waals surface area contributed by atoms with Crippen molar-refractivity contribution in [1.82, 2.24) is 4.31 Å². The van der Waals surface area contributed by atoms with Gasteiger partial charge in [0.1, 0.15) is 16.7 Å². The van der Waals surface area contributed by atoms with E-state index in [1.165, 1.54) is 0 Å². The number of benzene rings is 3. The maximum atomic E-state index is 14.1. The van der Waals surface area contributed by atoms with Crippen LogP contribution in [0.15, 0.2) is 83.8 Å². The minimum Gasteiger partial charge on any atom is -0.485 e. The van der Waals surface area contributed by atoms with E-state index >= 15 is 0 Å². The first-order valence-corrected chi connectivity index (χ1v) is 14.7. The average Bonchev–Trinajstić information content (AvgIpc) is 3.36. The fourth-order valence-corrected chi connectivity index (χ4v) is 7.15. The molecule has 3 atom stereocenters. The summed E-state index contributed by atoms with van der Waals surface area (Å²) in [6.07, 6.45) is 1.65. The van der Waals surface area contributed by atoms with Crippen molar-refractivity contribution in [2.24, 2.45) is 0 Å². The second-order valence-corrected chi connectivity index (χ2v) is 11.8. The lowest BCUT2D eigenvalue weighted by Gasteiger charge is -2.29. The minimum atomic E-state index is -3.83. The third-order valence-electron chi connectivity index (χ3n) is 7.39. The van der Waals surface area contributed by atoms with Crippen molar-refractivity contribution in [3.63, 3.8) is 0 Å². The first-order chi connectivity index (χ1) is 18.5. The van der Waals surface area contributed by atoms with Crippen LogP contribution < -0.4 is 9.64 Å². The summed E-state index contributed by atoms with van der Waals surface area (Å²) < 4.78 is 47.6. The summed E-state index contributed by atoms with van der Waals surface area (Å²) in [4.78, 5) is 2.48. The largest absolute Gasteiger partial charge is 0.485 e. The Hall–Kier alpha value is -2.91. The second kappa shape index (κ2) is 11.9. The summed E-state index contributed by atoms with van der Waals surface area (Å²) in [6.45, 7) is 4.35. The van der Waals surface area contributed by atoms with Crippen LogP contribution in [0.5, 0.6) is 5.75 Å². The summed E-state index contributed by atoms with van der Waals surface area (Å²) in [5, 5.41) is 0. The van der Waals surface area contributed by atoms with Gasteiger partial charge < -0.3 is 19.1 Å². The van der Waals surface area contributed by atoms with Crippen molar-refractivity contribution >= 4 is 15.7 Å². The lowest BCUT2D eigenvalue weighted by molar-refractivity contribution is 0.0313. The molecule has 0 aromatic heterocycles. The van der Waals surface area contributed by atoms with Gasteiger partial charge in [-0.05, 0) is 43.0 Å². The van der Waals surface area contributed by atoms with Gasteiger partial charge in [0.25, 0.3) is 0 Å². The molecule has 0 amide bonds. The molecule has 38 heavy (non-hydrogen) atoms. The van der Waals surface area contributed by atoms with Gasteiger partial charge in [0.15, 0.2) is 0 Å². The maximum Gasteiger partial charge on any atom is 0.247 e. The number of fused-ring (bicyclic) bond motifs is 1. The smallest absolute Gasteiger partial charge is 0.247 e. The standard InChI is InChI=1S/C30H36N2O5S/c1-23(25-12-7-4-8-13-25)32-19-28(22-36-20-24-10-5-3-6-11-24)37-29-18-26(15-16-30(29)38(32,33)34)31-17-9-14-27(31)21-35-2/h3-8,10-13,15-16,18,23,27-28H,9,14,17,19-22H2,1-2H3/t23-,27+,28+/m1/s1. The Labute approximate surface area is 226 Å². The van der Waals surface area contributed by atoms with E-state index < -0.39 is 16.1 Å². The molecule has 202 valence electrons. The lowest BCUT2D eigenvalue weighted by atomic mass is 10.1. The first kappa shape index (κ1) is 26.7. The van der Waals surface area contributed by atoms with Crippen LogP contribution in [0.4, 0.5) is 5.69 Å². The third kappa shape index (κ3) is 5.73. The molecule has 1 fully saturated rings. The Morgan fingerprint density at radius 2 is 1.74 bits per heavy atom. The molecule has 0 bridgehead atoms. The zero-order valence-corrected chi connectivity index (χ0v) is 22.8. The van der Waals surface area contributed by atoms with Crippen LogP contribution in [0.1, 0.15) is 36.9 Å². The van der Waals surface area contributed by atoms with E-state index in [-0.39, 0.29) is 30.1 Å². The van der Waals surface area contributed by atoms with Crippen molar-refractivity contribution in [2.45, 2.75) is 49.5 Å². The number of hydrogen-bond acceptors (Lipinski definition) is 6. The average molecular weight is 537 g/mol. The molecule has 2 heterocycles. The molecule has 8 heteroatoms. The normalized spacial score (nSPS) is 21.9. The van der Waals surface area contributed by atoms with Crippen LogP contribution in [-0.2, 0) is 26.1 Å². The molecule has 0 unspecified atom stereocenters. The highest BCUT2D eigenvalue weighted by atomic mass is 32.2. The summed E-state index contributed by atoms with van der Waals surface area (Å²) in [7, 11) is -2.12. The van der Waals surface area contributed by atoms with Crippen LogP contribution in [0.3, 0.4) is 0 Å². The van der Waals surface area contributed by atoms with E-state index in [0.29, 0.717) is 19.0 Å². The number of anilines is 1. The van der Waals surface area contributed by atoms with E-state index in [2.05, 4.69) is 4.90 Å². The van der Waals surface area contributed by atoms with Gasteiger partial charge >= 0.3 is 0 Å². The number of nitrogens with zero attached hydrogens (tertiary/aromatic N) is 2. The fraction of sp³-hybridized carbons (Fsp3) is 0.400. The van der Waals surface area contributed by atoms with E-state index in [9.17, 15) is 8.42 Å². The van der Waals surface area contributed by atoms with Gasteiger partial charge in [-0.15, -0.1) is 0 Å². The van der Waals surface area contributed by atoms with E-state index in [1.54, 1.807) is 17.5 Å². The van der Waals surface area contributed by atoms with Crippen molar-refractivity contribution in [1.29, 1.82) is 0 Å². The SMILES string of the molecule is COC[C@@H]1CCCN1c1ccc2c(c1)O[C@H](COCc1ccccc1)CN([C@H](C)c1ccccc1)S2(=O)=O. The van der Waals surface area contributed by atoms with Crippen molar-refractivity contribution < 1.29 is 22.6 Å². The molecule has 7 nitrogen and oxygen atoms in total. The molecule has 2 aliphatic rings. The predicted octanol–water partition coefficient (Wildman–Crippen LogP) is 5.03. The van der Waals surface area contributed by atoms with Gasteiger partial charge in [-0.3, -0.25) is 0 Å². The van der Waals surface area contributed by atoms with Gasteiger partial charge in [-0.25, -0.2) is 8.42 Å². The highest BCUT2D eigenvalue weighted by molar-refractivity contribution is 7.89. The number of rotatable bonds is 9.